The van der Waals surface area contributed by atoms with Crippen LogP contribution in [0.3, 0.4) is 0 Å². The Morgan fingerprint density at radius 1 is 0.966 bits per heavy atom. The summed E-state index contributed by atoms with van der Waals surface area (Å²) in [6.07, 6.45) is 19.5. The van der Waals surface area contributed by atoms with Gasteiger partial charge in [0, 0.05) is 0 Å². The summed E-state index contributed by atoms with van der Waals surface area (Å²) in [5, 5.41) is 10.1. The first-order valence-corrected chi connectivity index (χ1v) is 12.5. The van der Waals surface area contributed by atoms with Gasteiger partial charge in [0.05, 0.1) is 6.10 Å². The van der Waals surface area contributed by atoms with Crippen LogP contribution in [0.2, 0.25) is 0 Å². The van der Waals surface area contributed by atoms with E-state index in [0.29, 0.717) is 23.2 Å². The first-order chi connectivity index (χ1) is 13.7. The highest BCUT2D eigenvalue weighted by Gasteiger charge is 2.50. The molecule has 3 fully saturated rings. The standard InChI is InChI=1S/C28H46O/c1-19(2)20(3)9-10-22(5)26-15-16-27-23(8-7-17-28(26,27)6)12-13-24-18-25(29)14-11-21(24)4/h9-10,12-13,19-22,25-27,29H,7-8,11,14-18H2,1-6H3/t20?,21?,22?,25?,26?,27?,28-/m1/s1. The molecule has 0 aromatic heterocycles. The van der Waals surface area contributed by atoms with Crippen LogP contribution in [0.15, 0.2) is 35.5 Å². The Labute approximate surface area is 180 Å². The Hall–Kier alpha value is -0.820. The fraction of sp³-hybridized carbons (Fsp3) is 0.786. The molecule has 1 nitrogen and oxygen atoms in total. The van der Waals surface area contributed by atoms with Crippen LogP contribution >= 0.6 is 0 Å². The second-order valence-corrected chi connectivity index (χ2v) is 11.3. The van der Waals surface area contributed by atoms with Crippen molar-refractivity contribution in [1.82, 2.24) is 0 Å². The van der Waals surface area contributed by atoms with Crippen molar-refractivity contribution in [3.05, 3.63) is 35.5 Å². The van der Waals surface area contributed by atoms with Crippen LogP contribution in [0.25, 0.3) is 0 Å². The van der Waals surface area contributed by atoms with Gasteiger partial charge in [-0.25, -0.2) is 0 Å². The maximum atomic E-state index is 10.1. The van der Waals surface area contributed by atoms with Crippen molar-refractivity contribution in [3.63, 3.8) is 0 Å². The quantitative estimate of drug-likeness (QED) is 0.470. The molecule has 0 saturated heterocycles. The van der Waals surface area contributed by atoms with E-state index in [1.165, 1.54) is 37.7 Å². The summed E-state index contributed by atoms with van der Waals surface area (Å²) < 4.78 is 0. The number of aliphatic hydroxyl groups is 1. The van der Waals surface area contributed by atoms with E-state index in [2.05, 4.69) is 65.8 Å². The van der Waals surface area contributed by atoms with Crippen molar-refractivity contribution in [2.75, 3.05) is 0 Å². The van der Waals surface area contributed by atoms with Gasteiger partial charge in [-0.05, 0) is 92.3 Å². The summed E-state index contributed by atoms with van der Waals surface area (Å²) in [5.41, 5.74) is 3.63. The van der Waals surface area contributed by atoms with Gasteiger partial charge in [-0.3, -0.25) is 0 Å². The second-order valence-electron chi connectivity index (χ2n) is 11.3. The molecule has 3 aliphatic carbocycles. The van der Waals surface area contributed by atoms with Crippen LogP contribution in [0.5, 0.6) is 0 Å². The SMILES string of the molecule is CC1CCC(O)CC1=CC=C1CCC[C@@]2(C)C1CCC2C(C)C=CC(C)C(C)C. The summed E-state index contributed by atoms with van der Waals surface area (Å²) in [6.45, 7) is 14.4. The van der Waals surface area contributed by atoms with E-state index >= 15 is 0 Å². The zero-order valence-corrected chi connectivity index (χ0v) is 20.0. The molecule has 7 atom stereocenters. The third-order valence-electron chi connectivity index (χ3n) is 8.99. The van der Waals surface area contributed by atoms with Gasteiger partial charge >= 0.3 is 0 Å². The third kappa shape index (κ3) is 5.09. The summed E-state index contributed by atoms with van der Waals surface area (Å²) in [5.74, 6) is 4.29. The topological polar surface area (TPSA) is 20.2 Å². The molecule has 0 spiro atoms. The van der Waals surface area contributed by atoms with Crippen LogP contribution in [0.4, 0.5) is 0 Å². The van der Waals surface area contributed by atoms with E-state index in [9.17, 15) is 5.11 Å². The van der Waals surface area contributed by atoms with Crippen LogP contribution < -0.4 is 0 Å². The number of fused-ring (bicyclic) bond motifs is 1. The number of allylic oxidation sites excluding steroid dienone is 5. The van der Waals surface area contributed by atoms with Crippen molar-refractivity contribution < 1.29 is 5.11 Å². The second kappa shape index (κ2) is 9.54. The Morgan fingerprint density at radius 2 is 1.69 bits per heavy atom. The summed E-state index contributed by atoms with van der Waals surface area (Å²) in [6, 6.07) is 0. The predicted molar refractivity (Wildman–Crippen MR) is 126 cm³/mol. The minimum absolute atomic E-state index is 0.121. The van der Waals surface area contributed by atoms with E-state index in [-0.39, 0.29) is 6.10 Å². The molecular formula is C28H46O. The zero-order valence-electron chi connectivity index (χ0n) is 20.0. The average molecular weight is 399 g/mol. The normalized spacial score (nSPS) is 40.7. The molecule has 0 heterocycles. The monoisotopic (exact) mass is 398 g/mol. The number of hydrogen-bond donors (Lipinski definition) is 1. The summed E-state index contributed by atoms with van der Waals surface area (Å²) in [4.78, 5) is 0. The zero-order chi connectivity index (χ0) is 21.2. The molecule has 29 heavy (non-hydrogen) atoms. The van der Waals surface area contributed by atoms with Gasteiger partial charge in [-0.2, -0.15) is 0 Å². The first kappa shape index (κ1) is 22.9. The van der Waals surface area contributed by atoms with Gasteiger partial charge in [0.15, 0.2) is 0 Å². The number of rotatable bonds is 5. The largest absolute Gasteiger partial charge is 0.393 e. The third-order valence-corrected chi connectivity index (χ3v) is 8.99. The Morgan fingerprint density at radius 3 is 2.41 bits per heavy atom. The maximum absolute atomic E-state index is 10.1. The molecular weight excluding hydrogens is 352 g/mol. The lowest BCUT2D eigenvalue weighted by Gasteiger charge is -2.44. The Bertz CT molecular complexity index is 639. The van der Waals surface area contributed by atoms with E-state index in [0.717, 1.165) is 37.0 Å². The lowest BCUT2D eigenvalue weighted by atomic mass is 9.61. The lowest BCUT2D eigenvalue weighted by molar-refractivity contribution is 0.112. The number of aliphatic hydroxyl groups excluding tert-OH is 1. The lowest BCUT2D eigenvalue weighted by Crippen LogP contribution is -2.35. The van der Waals surface area contributed by atoms with Gasteiger partial charge in [0.2, 0.25) is 0 Å². The molecule has 3 saturated carbocycles. The van der Waals surface area contributed by atoms with Crippen molar-refractivity contribution >= 4 is 0 Å². The number of hydrogen-bond acceptors (Lipinski definition) is 1. The fourth-order valence-electron chi connectivity index (χ4n) is 6.50. The maximum Gasteiger partial charge on any atom is 0.0577 e. The fourth-order valence-corrected chi connectivity index (χ4v) is 6.50. The predicted octanol–water partition coefficient (Wildman–Crippen LogP) is 7.72. The summed E-state index contributed by atoms with van der Waals surface area (Å²) >= 11 is 0. The van der Waals surface area contributed by atoms with Gasteiger partial charge in [0.1, 0.15) is 0 Å². The minimum atomic E-state index is -0.121. The molecule has 1 N–H and O–H groups in total. The van der Waals surface area contributed by atoms with E-state index < -0.39 is 0 Å². The smallest absolute Gasteiger partial charge is 0.0577 e. The van der Waals surface area contributed by atoms with Crippen molar-refractivity contribution in [2.45, 2.75) is 99.0 Å². The molecule has 0 bridgehead atoms. The Balaban J connectivity index is 1.74. The van der Waals surface area contributed by atoms with Crippen LogP contribution in [-0.2, 0) is 0 Å². The van der Waals surface area contributed by atoms with Crippen LogP contribution in [-0.4, -0.2) is 11.2 Å². The molecule has 0 aromatic carbocycles. The minimum Gasteiger partial charge on any atom is -0.393 e. The highest BCUT2D eigenvalue weighted by molar-refractivity contribution is 5.27. The van der Waals surface area contributed by atoms with E-state index in [4.69, 9.17) is 0 Å². The highest BCUT2D eigenvalue weighted by atomic mass is 16.3. The molecule has 6 unspecified atom stereocenters. The summed E-state index contributed by atoms with van der Waals surface area (Å²) in [7, 11) is 0. The molecule has 3 aliphatic rings. The van der Waals surface area contributed by atoms with Crippen LogP contribution in [0.1, 0.15) is 92.9 Å². The Kier molecular flexibility index (Phi) is 7.52. The first-order valence-electron chi connectivity index (χ1n) is 12.5. The van der Waals surface area contributed by atoms with Gasteiger partial charge < -0.3 is 5.11 Å². The average Bonchev–Trinajstić information content (AvgIpc) is 3.04. The van der Waals surface area contributed by atoms with Crippen molar-refractivity contribution in [2.24, 2.45) is 40.9 Å². The molecule has 0 aromatic rings. The molecule has 0 aliphatic heterocycles. The molecule has 164 valence electrons. The molecule has 0 radical (unpaired) electrons. The van der Waals surface area contributed by atoms with Crippen molar-refractivity contribution in [1.29, 1.82) is 0 Å². The van der Waals surface area contributed by atoms with Crippen LogP contribution in [0, 0.1) is 40.9 Å². The van der Waals surface area contributed by atoms with E-state index in [1.807, 2.05) is 0 Å². The van der Waals surface area contributed by atoms with Gasteiger partial charge in [-0.15, -0.1) is 0 Å². The molecule has 3 rings (SSSR count). The molecule has 0 amide bonds. The van der Waals surface area contributed by atoms with Crippen molar-refractivity contribution in [3.8, 4) is 0 Å². The van der Waals surface area contributed by atoms with Gasteiger partial charge in [-0.1, -0.05) is 77.0 Å². The molecule has 1 heteroatoms. The highest BCUT2D eigenvalue weighted by Crippen LogP contribution is 2.59. The van der Waals surface area contributed by atoms with Gasteiger partial charge in [0.25, 0.3) is 0 Å². The van der Waals surface area contributed by atoms with E-state index in [1.54, 1.807) is 5.57 Å².